The molecule has 31 heavy (non-hydrogen) atoms. The van der Waals surface area contributed by atoms with Gasteiger partial charge in [0.25, 0.3) is 5.91 Å². The highest BCUT2D eigenvalue weighted by molar-refractivity contribution is 7.89. The van der Waals surface area contributed by atoms with Crippen molar-refractivity contribution in [2.24, 2.45) is 0 Å². The molecule has 0 aromatic heterocycles. The van der Waals surface area contributed by atoms with Crippen LogP contribution in [-0.2, 0) is 24.3 Å². The van der Waals surface area contributed by atoms with Crippen molar-refractivity contribution in [3.63, 3.8) is 0 Å². The summed E-state index contributed by atoms with van der Waals surface area (Å²) in [6.45, 7) is 2.57. The van der Waals surface area contributed by atoms with Crippen LogP contribution in [-0.4, -0.2) is 69.1 Å². The minimum Gasteiger partial charge on any atom is -0.449 e. The zero-order valence-corrected chi connectivity index (χ0v) is 18.2. The number of amides is 3. The van der Waals surface area contributed by atoms with Crippen LogP contribution in [0.5, 0.6) is 0 Å². The lowest BCUT2D eigenvalue weighted by atomic mass is 10.2. The molecule has 1 aromatic carbocycles. The average molecular weight is 454 g/mol. The van der Waals surface area contributed by atoms with E-state index in [1.54, 1.807) is 0 Å². The van der Waals surface area contributed by atoms with Crippen LogP contribution in [0, 0.1) is 0 Å². The number of imide groups is 1. The first kappa shape index (κ1) is 23.2. The number of carbonyl (C=O) groups excluding carboxylic acids is 3. The second kappa shape index (κ2) is 10.2. The van der Waals surface area contributed by atoms with Gasteiger partial charge in [0.2, 0.25) is 10.0 Å². The van der Waals surface area contributed by atoms with E-state index in [9.17, 15) is 22.8 Å². The largest absolute Gasteiger partial charge is 0.449 e. The van der Waals surface area contributed by atoms with Gasteiger partial charge in [-0.1, -0.05) is 12.8 Å². The van der Waals surface area contributed by atoms with Crippen molar-refractivity contribution in [1.82, 2.24) is 14.9 Å². The van der Waals surface area contributed by atoms with Crippen LogP contribution in [0.15, 0.2) is 29.2 Å². The summed E-state index contributed by atoms with van der Waals surface area (Å²) < 4.78 is 36.8. The summed E-state index contributed by atoms with van der Waals surface area (Å²) in [5.74, 6) is -1.54. The molecule has 1 unspecified atom stereocenters. The highest BCUT2D eigenvalue weighted by Gasteiger charge is 2.27. The van der Waals surface area contributed by atoms with E-state index >= 15 is 0 Å². The molecule has 1 aliphatic carbocycles. The van der Waals surface area contributed by atoms with Gasteiger partial charge in [0.1, 0.15) is 0 Å². The molecule has 0 spiro atoms. The number of morpholine rings is 1. The molecule has 170 valence electrons. The van der Waals surface area contributed by atoms with Crippen molar-refractivity contribution in [3.05, 3.63) is 29.8 Å². The number of benzene rings is 1. The molecule has 2 aliphatic rings. The van der Waals surface area contributed by atoms with Crippen LogP contribution in [0.25, 0.3) is 0 Å². The Morgan fingerprint density at radius 1 is 1.10 bits per heavy atom. The lowest BCUT2D eigenvalue weighted by molar-refractivity contribution is -0.127. The zero-order chi connectivity index (χ0) is 22.4. The molecule has 1 saturated heterocycles. The number of esters is 1. The normalized spacial score (nSPS) is 18.9. The second-order valence-electron chi connectivity index (χ2n) is 7.53. The summed E-state index contributed by atoms with van der Waals surface area (Å²) in [5, 5.41) is 4.88. The third-order valence-corrected chi connectivity index (χ3v) is 7.19. The number of carbonyl (C=O) groups is 3. The lowest BCUT2D eigenvalue weighted by Gasteiger charge is -2.26. The van der Waals surface area contributed by atoms with Gasteiger partial charge >= 0.3 is 12.0 Å². The minimum atomic E-state index is -3.67. The quantitative estimate of drug-likeness (QED) is 0.615. The molecule has 3 amide bonds. The zero-order valence-electron chi connectivity index (χ0n) is 17.3. The molecular formula is C20H27N3O7S. The van der Waals surface area contributed by atoms with Crippen LogP contribution < -0.4 is 10.6 Å². The van der Waals surface area contributed by atoms with Gasteiger partial charge in [-0.05, 0) is 44.0 Å². The molecule has 0 bridgehead atoms. The van der Waals surface area contributed by atoms with E-state index < -0.39 is 34.0 Å². The molecule has 11 heteroatoms. The maximum Gasteiger partial charge on any atom is 0.338 e. The van der Waals surface area contributed by atoms with E-state index in [2.05, 4.69) is 10.6 Å². The molecule has 1 atom stereocenters. The van der Waals surface area contributed by atoms with Crippen LogP contribution in [0.2, 0.25) is 0 Å². The highest BCUT2D eigenvalue weighted by atomic mass is 32.2. The van der Waals surface area contributed by atoms with Crippen molar-refractivity contribution < 1.29 is 32.3 Å². The SMILES string of the molecule is CC(OC(=O)c1ccc(S(=O)(=O)N2CCOCC2)cc1)C(=O)NC(=O)NC1CCCC1. The predicted molar refractivity (Wildman–Crippen MR) is 110 cm³/mol. The minimum absolute atomic E-state index is 0.0536. The van der Waals surface area contributed by atoms with Crippen LogP contribution in [0.4, 0.5) is 4.79 Å². The maximum atomic E-state index is 12.6. The van der Waals surface area contributed by atoms with Crippen molar-refractivity contribution in [2.45, 2.75) is 49.6 Å². The molecule has 1 aliphatic heterocycles. The van der Waals surface area contributed by atoms with E-state index in [0.29, 0.717) is 13.2 Å². The number of nitrogens with zero attached hydrogens (tertiary/aromatic N) is 1. The summed E-state index contributed by atoms with van der Waals surface area (Å²) in [6.07, 6.45) is 2.64. The van der Waals surface area contributed by atoms with Gasteiger partial charge in [0.05, 0.1) is 23.7 Å². The second-order valence-corrected chi connectivity index (χ2v) is 9.47. The Morgan fingerprint density at radius 3 is 2.32 bits per heavy atom. The Kier molecular flexibility index (Phi) is 7.63. The van der Waals surface area contributed by atoms with Crippen LogP contribution >= 0.6 is 0 Å². The molecule has 0 radical (unpaired) electrons. The van der Waals surface area contributed by atoms with Crippen molar-refractivity contribution in [3.8, 4) is 0 Å². The fourth-order valence-electron chi connectivity index (χ4n) is 3.49. The van der Waals surface area contributed by atoms with Crippen LogP contribution in [0.3, 0.4) is 0 Å². The van der Waals surface area contributed by atoms with E-state index in [4.69, 9.17) is 9.47 Å². The predicted octanol–water partition coefficient (Wildman–Crippen LogP) is 1.02. The first-order chi connectivity index (χ1) is 14.8. The summed E-state index contributed by atoms with van der Waals surface area (Å²) >= 11 is 0. The van der Waals surface area contributed by atoms with Gasteiger partial charge in [0, 0.05) is 19.1 Å². The Hall–Kier alpha value is -2.50. The number of ether oxygens (including phenoxy) is 2. The fraction of sp³-hybridized carbons (Fsp3) is 0.550. The first-order valence-electron chi connectivity index (χ1n) is 10.3. The molecular weight excluding hydrogens is 426 g/mol. The Morgan fingerprint density at radius 2 is 1.71 bits per heavy atom. The summed E-state index contributed by atoms with van der Waals surface area (Å²) in [4.78, 5) is 36.4. The lowest BCUT2D eigenvalue weighted by Crippen LogP contribution is -2.47. The maximum absolute atomic E-state index is 12.6. The van der Waals surface area contributed by atoms with Gasteiger partial charge < -0.3 is 14.8 Å². The molecule has 10 nitrogen and oxygen atoms in total. The number of sulfonamides is 1. The molecule has 2 N–H and O–H groups in total. The van der Waals surface area contributed by atoms with E-state index in [-0.39, 0.29) is 29.6 Å². The van der Waals surface area contributed by atoms with Crippen molar-refractivity contribution in [1.29, 1.82) is 0 Å². The van der Waals surface area contributed by atoms with E-state index in [1.807, 2.05) is 0 Å². The Labute approximate surface area is 181 Å². The summed E-state index contributed by atoms with van der Waals surface area (Å²) in [6, 6.07) is 4.73. The highest BCUT2D eigenvalue weighted by Crippen LogP contribution is 2.19. The number of nitrogens with one attached hydrogen (secondary N) is 2. The molecule has 1 heterocycles. The number of hydrogen-bond acceptors (Lipinski definition) is 7. The summed E-state index contributed by atoms with van der Waals surface area (Å²) in [5.41, 5.74) is 0.0935. The van der Waals surface area contributed by atoms with E-state index in [0.717, 1.165) is 25.7 Å². The first-order valence-corrected chi connectivity index (χ1v) is 11.7. The van der Waals surface area contributed by atoms with Crippen molar-refractivity contribution in [2.75, 3.05) is 26.3 Å². The van der Waals surface area contributed by atoms with Gasteiger partial charge in [-0.2, -0.15) is 4.31 Å². The van der Waals surface area contributed by atoms with Gasteiger partial charge in [-0.25, -0.2) is 18.0 Å². The molecule has 2 fully saturated rings. The van der Waals surface area contributed by atoms with Gasteiger partial charge in [0.15, 0.2) is 6.10 Å². The van der Waals surface area contributed by atoms with E-state index in [1.165, 1.54) is 35.5 Å². The Bertz CT molecular complexity index is 905. The molecule has 3 rings (SSSR count). The molecule has 1 aromatic rings. The van der Waals surface area contributed by atoms with Gasteiger partial charge in [-0.3, -0.25) is 10.1 Å². The number of urea groups is 1. The third kappa shape index (κ3) is 6.02. The number of rotatable bonds is 6. The van der Waals surface area contributed by atoms with Crippen LogP contribution in [0.1, 0.15) is 43.0 Å². The smallest absolute Gasteiger partial charge is 0.338 e. The number of hydrogen-bond donors (Lipinski definition) is 2. The standard InChI is InChI=1S/C20H27N3O7S/c1-14(18(24)22-20(26)21-16-4-2-3-5-16)30-19(25)15-6-8-17(9-7-15)31(27,28)23-10-12-29-13-11-23/h6-9,14,16H,2-5,10-13H2,1H3,(H2,21,22,24,26). The van der Waals surface area contributed by atoms with Gasteiger partial charge in [-0.15, -0.1) is 0 Å². The monoisotopic (exact) mass is 453 g/mol. The Balaban J connectivity index is 1.53. The third-order valence-electron chi connectivity index (χ3n) is 5.28. The summed E-state index contributed by atoms with van der Waals surface area (Å²) in [7, 11) is -3.67. The fourth-order valence-corrected chi connectivity index (χ4v) is 4.89. The molecule has 1 saturated carbocycles. The average Bonchev–Trinajstić information content (AvgIpc) is 3.27. The topological polar surface area (TPSA) is 131 Å². The van der Waals surface area contributed by atoms with Crippen molar-refractivity contribution >= 4 is 27.9 Å².